The normalized spacial score (nSPS) is 11.8. The Balaban J connectivity index is 2.24. The van der Waals surface area contributed by atoms with Crippen LogP contribution in [-0.4, -0.2) is 23.2 Å². The highest BCUT2D eigenvalue weighted by molar-refractivity contribution is 6.06. The van der Waals surface area contributed by atoms with Crippen LogP contribution in [0.1, 0.15) is 28.9 Å². The number of phenolic OH excluding ortho intramolecular Hbond substituents is 1. The van der Waals surface area contributed by atoms with E-state index >= 15 is 0 Å². The summed E-state index contributed by atoms with van der Waals surface area (Å²) in [5.41, 5.74) is 1.36. The van der Waals surface area contributed by atoms with E-state index in [2.05, 4.69) is 5.32 Å². The Morgan fingerprint density at radius 3 is 2.67 bits per heavy atom. The van der Waals surface area contributed by atoms with Gasteiger partial charge in [-0.1, -0.05) is 12.1 Å². The molecule has 5 heteroatoms. The summed E-state index contributed by atoms with van der Waals surface area (Å²) in [7, 11) is 1.49. The molecule has 110 valence electrons. The van der Waals surface area contributed by atoms with Gasteiger partial charge in [-0.15, -0.1) is 0 Å². The van der Waals surface area contributed by atoms with Crippen molar-refractivity contribution in [2.24, 2.45) is 0 Å². The number of ether oxygens (including phenoxy) is 1. The lowest BCUT2D eigenvalue weighted by atomic mass is 10.1. The number of amides is 1. The highest BCUT2D eigenvalue weighted by atomic mass is 16.5. The van der Waals surface area contributed by atoms with Crippen molar-refractivity contribution in [3.63, 3.8) is 0 Å². The van der Waals surface area contributed by atoms with Gasteiger partial charge in [-0.2, -0.15) is 0 Å². The quantitative estimate of drug-likeness (QED) is 0.808. The first-order valence-electron chi connectivity index (χ1n) is 6.47. The molecule has 1 atom stereocenters. The van der Waals surface area contributed by atoms with E-state index in [-0.39, 0.29) is 11.3 Å². The molecule has 0 bridgehead atoms. The first kappa shape index (κ1) is 14.9. The van der Waals surface area contributed by atoms with Crippen molar-refractivity contribution < 1.29 is 19.7 Å². The van der Waals surface area contributed by atoms with E-state index in [1.165, 1.54) is 19.2 Å². The molecule has 0 aliphatic rings. The fraction of sp³-hybridized carbons (Fsp3) is 0.188. The number of nitrogens with one attached hydrogen (secondary N) is 1. The fourth-order valence-corrected chi connectivity index (χ4v) is 1.90. The number of hydrogen-bond acceptors (Lipinski definition) is 4. The molecule has 0 fully saturated rings. The van der Waals surface area contributed by atoms with Gasteiger partial charge in [0.15, 0.2) is 0 Å². The zero-order valence-electron chi connectivity index (χ0n) is 11.8. The number of methoxy groups -OCH3 is 1. The van der Waals surface area contributed by atoms with E-state index in [1.807, 2.05) is 0 Å². The monoisotopic (exact) mass is 287 g/mol. The molecule has 1 amide bonds. The molecule has 2 aromatic rings. The highest BCUT2D eigenvalue weighted by Gasteiger charge is 2.13. The molecule has 0 aromatic heterocycles. The molecule has 3 N–H and O–H groups in total. The number of rotatable bonds is 4. The van der Waals surface area contributed by atoms with Crippen LogP contribution in [0.25, 0.3) is 0 Å². The number of aliphatic hydroxyl groups excluding tert-OH is 1. The maximum Gasteiger partial charge on any atom is 0.259 e. The predicted octanol–water partition coefficient (Wildman–Crippen LogP) is 2.71. The number of aliphatic hydroxyl groups is 1. The third-order valence-corrected chi connectivity index (χ3v) is 3.08. The van der Waals surface area contributed by atoms with Gasteiger partial charge >= 0.3 is 0 Å². The molecule has 0 aliphatic carbocycles. The number of carbonyl (C=O) groups excluding carboxylic acids is 1. The Kier molecular flexibility index (Phi) is 4.45. The molecule has 21 heavy (non-hydrogen) atoms. The number of anilines is 1. The number of aromatic hydroxyl groups is 1. The molecule has 2 rings (SSSR count). The zero-order valence-corrected chi connectivity index (χ0v) is 11.8. The molecule has 0 heterocycles. The average molecular weight is 287 g/mol. The molecule has 5 nitrogen and oxygen atoms in total. The van der Waals surface area contributed by atoms with Crippen LogP contribution in [0.5, 0.6) is 11.5 Å². The predicted molar refractivity (Wildman–Crippen MR) is 79.7 cm³/mol. The summed E-state index contributed by atoms with van der Waals surface area (Å²) in [6, 6.07) is 11.3. The second-order valence-corrected chi connectivity index (χ2v) is 4.64. The van der Waals surface area contributed by atoms with Crippen LogP contribution < -0.4 is 10.1 Å². The van der Waals surface area contributed by atoms with Crippen LogP contribution >= 0.6 is 0 Å². The molecule has 0 radical (unpaired) electrons. The standard InChI is InChI=1S/C16H17NO4/c1-10(18)11-4-3-5-12(8-11)17-16(20)14-9-13(21-2)6-7-15(14)19/h3-10,18-19H,1-2H3,(H,17,20). The number of carbonyl (C=O) groups is 1. The summed E-state index contributed by atoms with van der Waals surface area (Å²) in [4.78, 5) is 12.2. The molecule has 0 saturated carbocycles. The molecular formula is C16H17NO4. The van der Waals surface area contributed by atoms with Crippen molar-refractivity contribution in [3.05, 3.63) is 53.6 Å². The van der Waals surface area contributed by atoms with Crippen molar-refractivity contribution in [2.75, 3.05) is 12.4 Å². The van der Waals surface area contributed by atoms with E-state index in [1.54, 1.807) is 37.3 Å². The van der Waals surface area contributed by atoms with Gasteiger partial charge in [0, 0.05) is 5.69 Å². The lowest BCUT2D eigenvalue weighted by molar-refractivity contribution is 0.102. The van der Waals surface area contributed by atoms with Crippen molar-refractivity contribution in [3.8, 4) is 11.5 Å². The minimum Gasteiger partial charge on any atom is -0.507 e. The van der Waals surface area contributed by atoms with Crippen LogP contribution in [-0.2, 0) is 0 Å². The summed E-state index contributed by atoms with van der Waals surface area (Å²) in [6.07, 6.45) is -0.618. The smallest absolute Gasteiger partial charge is 0.259 e. The topological polar surface area (TPSA) is 78.8 Å². The van der Waals surface area contributed by atoms with Crippen LogP contribution in [0, 0.1) is 0 Å². The Morgan fingerprint density at radius 2 is 2.00 bits per heavy atom. The van der Waals surface area contributed by atoms with Gasteiger partial charge in [0.05, 0.1) is 18.8 Å². The van der Waals surface area contributed by atoms with Crippen LogP contribution in [0.2, 0.25) is 0 Å². The summed E-state index contributed by atoms with van der Waals surface area (Å²) >= 11 is 0. The third kappa shape index (κ3) is 3.52. The van der Waals surface area contributed by atoms with Gasteiger partial charge in [-0.25, -0.2) is 0 Å². The Hall–Kier alpha value is -2.53. The van der Waals surface area contributed by atoms with Crippen molar-refractivity contribution in [1.29, 1.82) is 0 Å². The van der Waals surface area contributed by atoms with Gasteiger partial charge in [0.2, 0.25) is 0 Å². The lowest BCUT2D eigenvalue weighted by Gasteiger charge is -2.10. The SMILES string of the molecule is COc1ccc(O)c(C(=O)Nc2cccc(C(C)O)c2)c1. The fourth-order valence-electron chi connectivity index (χ4n) is 1.90. The van der Waals surface area contributed by atoms with Crippen molar-refractivity contribution in [1.82, 2.24) is 0 Å². The van der Waals surface area contributed by atoms with Gasteiger partial charge < -0.3 is 20.3 Å². The lowest BCUT2D eigenvalue weighted by Crippen LogP contribution is -2.12. The second kappa shape index (κ2) is 6.28. The zero-order chi connectivity index (χ0) is 15.4. The number of hydrogen-bond donors (Lipinski definition) is 3. The third-order valence-electron chi connectivity index (χ3n) is 3.08. The minimum absolute atomic E-state index is 0.122. The van der Waals surface area contributed by atoms with Crippen LogP contribution in [0.3, 0.4) is 0 Å². The molecule has 1 unspecified atom stereocenters. The summed E-state index contributed by atoms with van der Waals surface area (Å²) < 4.78 is 5.04. The minimum atomic E-state index is -0.618. The number of benzene rings is 2. The number of phenols is 1. The molecular weight excluding hydrogens is 270 g/mol. The average Bonchev–Trinajstić information content (AvgIpc) is 2.48. The largest absolute Gasteiger partial charge is 0.507 e. The maximum absolute atomic E-state index is 12.2. The van der Waals surface area contributed by atoms with E-state index in [9.17, 15) is 15.0 Å². The second-order valence-electron chi connectivity index (χ2n) is 4.64. The Bertz CT molecular complexity index is 652. The van der Waals surface area contributed by atoms with Crippen LogP contribution in [0.15, 0.2) is 42.5 Å². The van der Waals surface area contributed by atoms with E-state index < -0.39 is 12.0 Å². The molecule has 2 aromatic carbocycles. The van der Waals surface area contributed by atoms with Crippen LogP contribution in [0.4, 0.5) is 5.69 Å². The molecule has 0 spiro atoms. The van der Waals surface area contributed by atoms with Gasteiger partial charge in [-0.05, 0) is 42.8 Å². The Labute approximate surface area is 122 Å². The molecule has 0 saturated heterocycles. The van der Waals surface area contributed by atoms with Gasteiger partial charge in [0.1, 0.15) is 11.5 Å². The highest BCUT2D eigenvalue weighted by Crippen LogP contribution is 2.24. The van der Waals surface area contributed by atoms with E-state index in [4.69, 9.17) is 4.74 Å². The Morgan fingerprint density at radius 1 is 1.24 bits per heavy atom. The molecule has 0 aliphatic heterocycles. The first-order valence-corrected chi connectivity index (χ1v) is 6.47. The van der Waals surface area contributed by atoms with Crippen molar-refractivity contribution in [2.45, 2.75) is 13.0 Å². The van der Waals surface area contributed by atoms with E-state index in [0.29, 0.717) is 17.0 Å². The summed E-state index contributed by atoms with van der Waals surface area (Å²) in [5.74, 6) is -0.0928. The van der Waals surface area contributed by atoms with Crippen molar-refractivity contribution >= 4 is 11.6 Å². The maximum atomic E-state index is 12.2. The summed E-state index contributed by atoms with van der Waals surface area (Å²) in [5, 5.41) is 22.0. The van der Waals surface area contributed by atoms with Gasteiger partial charge in [-0.3, -0.25) is 4.79 Å². The van der Waals surface area contributed by atoms with Gasteiger partial charge in [0.25, 0.3) is 5.91 Å². The van der Waals surface area contributed by atoms with E-state index in [0.717, 1.165) is 0 Å². The first-order chi connectivity index (χ1) is 10.0. The summed E-state index contributed by atoms with van der Waals surface area (Å²) in [6.45, 7) is 1.65.